The second-order valence-electron chi connectivity index (χ2n) is 9.86. The molecule has 3 aromatic rings. The Labute approximate surface area is 212 Å². The van der Waals surface area contributed by atoms with Gasteiger partial charge in [0.15, 0.2) is 6.61 Å². The van der Waals surface area contributed by atoms with Gasteiger partial charge in [0.05, 0.1) is 16.9 Å². The van der Waals surface area contributed by atoms with Crippen LogP contribution >= 0.6 is 0 Å². The zero-order chi connectivity index (χ0) is 25.8. The molecule has 36 heavy (non-hydrogen) atoms. The lowest BCUT2D eigenvalue weighted by Crippen LogP contribution is -2.34. The van der Waals surface area contributed by atoms with Crippen LogP contribution in [0.2, 0.25) is 0 Å². The first-order valence-corrected chi connectivity index (χ1v) is 12.5. The number of aryl methyl sites for hydroxylation is 1. The molecule has 9 nitrogen and oxygen atoms in total. The van der Waals surface area contributed by atoms with Gasteiger partial charge in [0.1, 0.15) is 17.2 Å². The largest absolute Gasteiger partial charge is 0.482 e. The lowest BCUT2D eigenvalue weighted by Gasteiger charge is -2.27. The summed E-state index contributed by atoms with van der Waals surface area (Å²) in [6, 6.07) is 8.89. The summed E-state index contributed by atoms with van der Waals surface area (Å²) in [5, 5.41) is 5.70. The molecule has 3 heterocycles. The molecule has 4 rings (SSSR count). The average molecular weight is 493 g/mol. The number of nitrogens with zero attached hydrogens (tertiary/aromatic N) is 4. The van der Waals surface area contributed by atoms with Crippen LogP contribution in [-0.4, -0.2) is 66.4 Å². The van der Waals surface area contributed by atoms with Gasteiger partial charge in [-0.2, -0.15) is 0 Å². The topological polar surface area (TPSA) is 91.2 Å². The van der Waals surface area contributed by atoms with Crippen molar-refractivity contribution in [2.24, 2.45) is 5.92 Å². The van der Waals surface area contributed by atoms with Crippen molar-refractivity contribution in [3.05, 3.63) is 47.8 Å². The summed E-state index contributed by atoms with van der Waals surface area (Å²) in [6.07, 6.45) is 3.76. The number of carbonyl (C=O) groups is 2. The highest BCUT2D eigenvalue weighted by molar-refractivity contribution is 6.05. The second-order valence-corrected chi connectivity index (χ2v) is 9.86. The maximum atomic E-state index is 13.2. The Morgan fingerprint density at radius 2 is 2.00 bits per heavy atom. The first-order chi connectivity index (χ1) is 17.2. The molecule has 1 aromatic carbocycles. The van der Waals surface area contributed by atoms with Gasteiger partial charge in [0.2, 0.25) is 0 Å². The smallest absolute Gasteiger partial charge is 0.262 e. The predicted octanol–water partition coefficient (Wildman–Crippen LogP) is 3.89. The monoisotopic (exact) mass is 492 g/mol. The second kappa shape index (κ2) is 11.0. The molecule has 0 atom stereocenters. The van der Waals surface area contributed by atoms with Crippen LogP contribution in [0.3, 0.4) is 0 Å². The Kier molecular flexibility index (Phi) is 7.79. The molecule has 2 amide bonds. The van der Waals surface area contributed by atoms with E-state index in [1.54, 1.807) is 24.3 Å². The van der Waals surface area contributed by atoms with Gasteiger partial charge in [-0.1, -0.05) is 20.8 Å². The summed E-state index contributed by atoms with van der Waals surface area (Å²) in [7, 11) is 4.16. The van der Waals surface area contributed by atoms with Crippen LogP contribution < -0.4 is 20.3 Å². The van der Waals surface area contributed by atoms with Gasteiger partial charge in [0.25, 0.3) is 11.8 Å². The van der Waals surface area contributed by atoms with Crippen molar-refractivity contribution < 1.29 is 14.3 Å². The summed E-state index contributed by atoms with van der Waals surface area (Å²) < 4.78 is 7.52. The first-order valence-electron chi connectivity index (χ1n) is 12.5. The number of ether oxygens (including phenoxy) is 1. The number of pyridine rings is 1. The number of hydrogen-bond donors (Lipinski definition) is 2. The summed E-state index contributed by atoms with van der Waals surface area (Å²) in [5.41, 5.74) is 3.59. The third kappa shape index (κ3) is 5.79. The summed E-state index contributed by atoms with van der Waals surface area (Å²) in [6.45, 7) is 9.28. The van der Waals surface area contributed by atoms with Crippen molar-refractivity contribution >= 4 is 34.7 Å². The zero-order valence-corrected chi connectivity index (χ0v) is 21.8. The number of nitrogens with one attached hydrogen (secondary N) is 2. The highest BCUT2D eigenvalue weighted by atomic mass is 16.5. The number of likely N-dealkylation sites (N-methyl/N-ethyl adjacent to an activating group) is 1. The molecule has 0 spiro atoms. The minimum atomic E-state index is -0.226. The highest BCUT2D eigenvalue weighted by Gasteiger charge is 2.20. The molecule has 0 saturated carbocycles. The van der Waals surface area contributed by atoms with E-state index < -0.39 is 0 Å². The van der Waals surface area contributed by atoms with Crippen molar-refractivity contribution in [3.8, 4) is 5.75 Å². The number of imidazole rings is 1. The molecule has 0 unspecified atom stereocenters. The van der Waals surface area contributed by atoms with Crippen LogP contribution in [0.1, 0.15) is 43.2 Å². The van der Waals surface area contributed by atoms with E-state index in [0.717, 1.165) is 49.6 Å². The molecule has 2 N–H and O–H groups in total. The lowest BCUT2D eigenvalue weighted by molar-refractivity contribution is -0.118. The Hall–Kier alpha value is -3.59. The standard InChI is InChI=1S/C27H36N6O3/c1-6-21-27(32(12-11-18(2)3)14-13-31(4)5)33-16-19(7-10-24(33)29-21)26(35)28-20-8-9-22-23(15-20)36-17-25(34)30-22/h7-10,15-16,18H,6,11-14,17H2,1-5H3,(H,28,35)(H,30,34). The van der Waals surface area contributed by atoms with Gasteiger partial charge in [-0.3, -0.25) is 14.0 Å². The molecule has 0 saturated heterocycles. The summed E-state index contributed by atoms with van der Waals surface area (Å²) >= 11 is 0. The van der Waals surface area contributed by atoms with Crippen LogP contribution in [-0.2, 0) is 11.2 Å². The minimum absolute atomic E-state index is 0.0363. The van der Waals surface area contributed by atoms with Crippen molar-refractivity contribution in [2.75, 3.05) is 55.9 Å². The fraction of sp³-hybridized carbons (Fsp3) is 0.444. The number of fused-ring (bicyclic) bond motifs is 2. The summed E-state index contributed by atoms with van der Waals surface area (Å²) in [4.78, 5) is 34.2. The van der Waals surface area contributed by atoms with Crippen LogP contribution in [0.25, 0.3) is 5.65 Å². The third-order valence-corrected chi connectivity index (χ3v) is 6.23. The number of benzene rings is 1. The van der Waals surface area contributed by atoms with E-state index in [9.17, 15) is 9.59 Å². The van der Waals surface area contributed by atoms with E-state index in [1.807, 2.05) is 12.3 Å². The SMILES string of the molecule is CCc1nc2ccc(C(=O)Nc3ccc4c(c3)OCC(=O)N4)cn2c1N(CCC(C)C)CCN(C)C. The molecule has 192 valence electrons. The van der Waals surface area contributed by atoms with Crippen LogP contribution in [0.15, 0.2) is 36.5 Å². The predicted molar refractivity (Wildman–Crippen MR) is 143 cm³/mol. The maximum Gasteiger partial charge on any atom is 0.262 e. The molecule has 0 fully saturated rings. The fourth-order valence-electron chi connectivity index (χ4n) is 4.20. The van der Waals surface area contributed by atoms with Crippen molar-refractivity contribution in [1.82, 2.24) is 14.3 Å². The molecule has 9 heteroatoms. The van der Waals surface area contributed by atoms with Gasteiger partial charge in [-0.25, -0.2) is 4.98 Å². The van der Waals surface area contributed by atoms with Crippen molar-refractivity contribution in [1.29, 1.82) is 0 Å². The third-order valence-electron chi connectivity index (χ3n) is 6.23. The average Bonchev–Trinajstić information content (AvgIpc) is 3.21. The molecular weight excluding hydrogens is 456 g/mol. The van der Waals surface area contributed by atoms with Crippen molar-refractivity contribution in [3.63, 3.8) is 0 Å². The zero-order valence-electron chi connectivity index (χ0n) is 21.8. The van der Waals surface area contributed by atoms with Crippen LogP contribution in [0.4, 0.5) is 17.2 Å². The number of hydrogen-bond acceptors (Lipinski definition) is 6. The number of rotatable bonds is 10. The van der Waals surface area contributed by atoms with E-state index in [-0.39, 0.29) is 18.4 Å². The molecule has 0 radical (unpaired) electrons. The molecule has 0 aliphatic carbocycles. The Morgan fingerprint density at radius 3 is 2.72 bits per heavy atom. The fourth-order valence-corrected chi connectivity index (χ4v) is 4.20. The van der Waals surface area contributed by atoms with E-state index in [4.69, 9.17) is 9.72 Å². The van der Waals surface area contributed by atoms with Gasteiger partial charge < -0.3 is 25.2 Å². The normalized spacial score (nSPS) is 13.0. The van der Waals surface area contributed by atoms with Crippen LogP contribution in [0.5, 0.6) is 5.75 Å². The lowest BCUT2D eigenvalue weighted by atomic mass is 10.1. The number of carbonyl (C=O) groups excluding carboxylic acids is 2. The molecule has 2 aromatic heterocycles. The van der Waals surface area contributed by atoms with Crippen LogP contribution in [0, 0.1) is 5.92 Å². The molecule has 1 aliphatic rings. The Morgan fingerprint density at radius 1 is 1.19 bits per heavy atom. The number of amides is 2. The van der Waals surface area contributed by atoms with Gasteiger partial charge in [0, 0.05) is 37.6 Å². The first kappa shape index (κ1) is 25.5. The number of anilines is 3. The van der Waals surface area contributed by atoms with Gasteiger partial charge in [-0.05, 0) is 57.1 Å². The minimum Gasteiger partial charge on any atom is -0.482 e. The Bertz CT molecular complexity index is 1240. The van der Waals surface area contributed by atoms with Gasteiger partial charge >= 0.3 is 0 Å². The van der Waals surface area contributed by atoms with E-state index in [2.05, 4.69) is 59.7 Å². The Balaban J connectivity index is 1.63. The van der Waals surface area contributed by atoms with Crippen molar-refractivity contribution in [2.45, 2.75) is 33.6 Å². The van der Waals surface area contributed by atoms with E-state index in [0.29, 0.717) is 28.6 Å². The van der Waals surface area contributed by atoms with E-state index >= 15 is 0 Å². The maximum absolute atomic E-state index is 13.2. The van der Waals surface area contributed by atoms with E-state index in [1.165, 1.54) is 0 Å². The quantitative estimate of drug-likeness (QED) is 0.446. The molecular formula is C27H36N6O3. The molecule has 0 bridgehead atoms. The number of aromatic nitrogens is 2. The summed E-state index contributed by atoms with van der Waals surface area (Å²) in [5.74, 6) is 1.77. The van der Waals surface area contributed by atoms with Gasteiger partial charge in [-0.15, -0.1) is 0 Å². The highest BCUT2D eigenvalue weighted by Crippen LogP contribution is 2.31. The molecule has 1 aliphatic heterocycles.